The number of fused-ring (bicyclic) bond motifs is 1. The molecular formula is C18H22N4S. The van der Waals surface area contributed by atoms with Crippen LogP contribution in [0.3, 0.4) is 0 Å². The van der Waals surface area contributed by atoms with Crippen molar-refractivity contribution in [2.24, 2.45) is 5.92 Å². The first-order chi connectivity index (χ1) is 11.1. The van der Waals surface area contributed by atoms with Gasteiger partial charge in [0.05, 0.1) is 10.2 Å². The Morgan fingerprint density at radius 2 is 2.13 bits per heavy atom. The molecule has 0 N–H and O–H groups in total. The number of imidazole rings is 1. The van der Waals surface area contributed by atoms with E-state index >= 15 is 0 Å². The molecule has 3 heterocycles. The number of aromatic nitrogens is 3. The highest BCUT2D eigenvalue weighted by molar-refractivity contribution is 7.22. The molecule has 3 aromatic rings. The fourth-order valence-corrected chi connectivity index (χ4v) is 4.33. The summed E-state index contributed by atoms with van der Waals surface area (Å²) in [4.78, 5) is 11.7. The van der Waals surface area contributed by atoms with Crippen molar-refractivity contribution in [1.82, 2.24) is 14.5 Å². The summed E-state index contributed by atoms with van der Waals surface area (Å²) in [6.45, 7) is 9.79. The van der Waals surface area contributed by atoms with Gasteiger partial charge in [0.15, 0.2) is 5.13 Å². The zero-order chi connectivity index (χ0) is 16.0. The maximum absolute atomic E-state index is 4.78. The Hall–Kier alpha value is -1.88. The summed E-state index contributed by atoms with van der Waals surface area (Å²) in [6, 6.07) is 6.49. The number of rotatable bonds is 4. The van der Waals surface area contributed by atoms with Crippen LogP contribution in [0, 0.1) is 12.8 Å². The highest BCUT2D eigenvalue weighted by Gasteiger charge is 2.29. The second-order valence-corrected chi connectivity index (χ2v) is 7.84. The third-order valence-electron chi connectivity index (χ3n) is 4.48. The van der Waals surface area contributed by atoms with Gasteiger partial charge in [-0.1, -0.05) is 31.3 Å². The minimum absolute atomic E-state index is 0.480. The lowest BCUT2D eigenvalue weighted by Crippen LogP contribution is -2.48. The number of aryl methyl sites for hydroxylation is 1. The van der Waals surface area contributed by atoms with E-state index in [1.54, 1.807) is 0 Å². The minimum atomic E-state index is 0.480. The maximum atomic E-state index is 4.78. The van der Waals surface area contributed by atoms with Crippen LogP contribution in [0.15, 0.2) is 30.6 Å². The van der Waals surface area contributed by atoms with Crippen molar-refractivity contribution in [1.29, 1.82) is 0 Å². The molecule has 4 rings (SSSR count). The van der Waals surface area contributed by atoms with E-state index in [0.717, 1.165) is 30.3 Å². The van der Waals surface area contributed by atoms with Crippen molar-refractivity contribution >= 4 is 26.7 Å². The van der Waals surface area contributed by atoms with Crippen molar-refractivity contribution in [3.05, 3.63) is 42.0 Å². The molecule has 1 saturated heterocycles. The van der Waals surface area contributed by atoms with Gasteiger partial charge in [-0.2, -0.15) is 0 Å². The average Bonchev–Trinajstić information content (AvgIpc) is 3.07. The Morgan fingerprint density at radius 1 is 1.30 bits per heavy atom. The van der Waals surface area contributed by atoms with E-state index in [-0.39, 0.29) is 0 Å². The topological polar surface area (TPSA) is 34.0 Å². The molecule has 4 nitrogen and oxygen atoms in total. The van der Waals surface area contributed by atoms with Gasteiger partial charge in [0.25, 0.3) is 0 Å². The number of nitrogens with zero attached hydrogens (tertiary/aromatic N) is 4. The standard InChI is InChI=1S/C18H22N4S/c1-12(2)17-19-6-7-21(17)9-14-10-22(11-14)18-20-15-5-4-13(3)8-16(15)23-18/h4-8,12,14H,9-11H2,1-3H3. The molecule has 120 valence electrons. The van der Waals surface area contributed by atoms with E-state index in [9.17, 15) is 0 Å². The lowest BCUT2D eigenvalue weighted by atomic mass is 10.0. The summed E-state index contributed by atoms with van der Waals surface area (Å²) in [5.74, 6) is 2.36. The van der Waals surface area contributed by atoms with Crippen LogP contribution < -0.4 is 4.90 Å². The van der Waals surface area contributed by atoms with Crippen LogP contribution in [0.4, 0.5) is 5.13 Å². The van der Waals surface area contributed by atoms with Gasteiger partial charge in [0, 0.05) is 43.9 Å². The molecule has 23 heavy (non-hydrogen) atoms. The van der Waals surface area contributed by atoms with Crippen molar-refractivity contribution in [2.45, 2.75) is 33.2 Å². The first-order valence-corrected chi connectivity index (χ1v) is 9.05. The summed E-state index contributed by atoms with van der Waals surface area (Å²) < 4.78 is 3.61. The first-order valence-electron chi connectivity index (χ1n) is 8.23. The third kappa shape index (κ3) is 2.74. The number of benzene rings is 1. The molecule has 0 aliphatic carbocycles. The summed E-state index contributed by atoms with van der Waals surface area (Å²) in [5, 5.41) is 1.16. The number of thiazole rings is 1. The summed E-state index contributed by atoms with van der Waals surface area (Å²) in [7, 11) is 0. The van der Waals surface area contributed by atoms with Gasteiger partial charge < -0.3 is 9.47 Å². The van der Waals surface area contributed by atoms with E-state index in [4.69, 9.17) is 4.98 Å². The Labute approximate surface area is 140 Å². The lowest BCUT2D eigenvalue weighted by molar-refractivity contribution is 0.350. The molecule has 1 aliphatic rings. The van der Waals surface area contributed by atoms with Crippen LogP contribution in [0.5, 0.6) is 0 Å². The SMILES string of the molecule is Cc1ccc2nc(N3CC(Cn4ccnc4C(C)C)C3)sc2c1. The van der Waals surface area contributed by atoms with Crippen LogP contribution in [0.25, 0.3) is 10.2 Å². The zero-order valence-electron chi connectivity index (χ0n) is 13.9. The van der Waals surface area contributed by atoms with Crippen molar-refractivity contribution in [3.63, 3.8) is 0 Å². The van der Waals surface area contributed by atoms with Crippen molar-refractivity contribution in [2.75, 3.05) is 18.0 Å². The van der Waals surface area contributed by atoms with Gasteiger partial charge in [0.1, 0.15) is 5.82 Å². The van der Waals surface area contributed by atoms with Crippen LogP contribution in [0.1, 0.15) is 31.2 Å². The van der Waals surface area contributed by atoms with Crippen LogP contribution in [0.2, 0.25) is 0 Å². The van der Waals surface area contributed by atoms with Crippen molar-refractivity contribution < 1.29 is 0 Å². The van der Waals surface area contributed by atoms with E-state index < -0.39 is 0 Å². The van der Waals surface area contributed by atoms with Gasteiger partial charge in [-0.15, -0.1) is 0 Å². The van der Waals surface area contributed by atoms with Gasteiger partial charge >= 0.3 is 0 Å². The van der Waals surface area contributed by atoms with Crippen LogP contribution in [-0.2, 0) is 6.54 Å². The second kappa shape index (κ2) is 5.64. The fourth-order valence-electron chi connectivity index (χ4n) is 3.25. The Balaban J connectivity index is 1.43. The van der Waals surface area contributed by atoms with Gasteiger partial charge in [-0.3, -0.25) is 0 Å². The molecule has 0 bridgehead atoms. The highest BCUT2D eigenvalue weighted by Crippen LogP contribution is 2.34. The third-order valence-corrected chi connectivity index (χ3v) is 5.56. The molecule has 1 fully saturated rings. The first kappa shape index (κ1) is 14.7. The lowest BCUT2D eigenvalue weighted by Gasteiger charge is -2.39. The molecule has 0 saturated carbocycles. The van der Waals surface area contributed by atoms with Crippen molar-refractivity contribution in [3.8, 4) is 0 Å². The number of anilines is 1. The quantitative estimate of drug-likeness (QED) is 0.725. The van der Waals surface area contributed by atoms with E-state index in [1.165, 1.54) is 16.1 Å². The Kier molecular flexibility index (Phi) is 3.60. The highest BCUT2D eigenvalue weighted by atomic mass is 32.1. The molecule has 2 aromatic heterocycles. The number of hydrogen-bond acceptors (Lipinski definition) is 4. The van der Waals surface area contributed by atoms with Crippen LogP contribution in [-0.4, -0.2) is 27.6 Å². The van der Waals surface area contributed by atoms with Gasteiger partial charge in [0.2, 0.25) is 0 Å². The molecular weight excluding hydrogens is 304 g/mol. The van der Waals surface area contributed by atoms with Gasteiger partial charge in [-0.25, -0.2) is 9.97 Å². The Bertz CT molecular complexity index is 827. The molecule has 0 atom stereocenters. The maximum Gasteiger partial charge on any atom is 0.186 e. The van der Waals surface area contributed by atoms with E-state index in [2.05, 4.69) is 59.6 Å². The van der Waals surface area contributed by atoms with E-state index in [0.29, 0.717) is 11.8 Å². The zero-order valence-corrected chi connectivity index (χ0v) is 14.7. The molecule has 5 heteroatoms. The van der Waals surface area contributed by atoms with Gasteiger partial charge in [-0.05, 0) is 24.6 Å². The second-order valence-electron chi connectivity index (χ2n) is 6.83. The Morgan fingerprint density at radius 3 is 2.91 bits per heavy atom. The summed E-state index contributed by atoms with van der Waals surface area (Å²) in [6.07, 6.45) is 4.03. The molecule has 0 unspecified atom stereocenters. The van der Waals surface area contributed by atoms with E-state index in [1.807, 2.05) is 17.5 Å². The molecule has 0 amide bonds. The summed E-state index contributed by atoms with van der Waals surface area (Å²) >= 11 is 1.81. The number of hydrogen-bond donors (Lipinski definition) is 0. The monoisotopic (exact) mass is 326 g/mol. The minimum Gasteiger partial charge on any atom is -0.347 e. The molecule has 1 aliphatic heterocycles. The smallest absolute Gasteiger partial charge is 0.186 e. The molecule has 0 spiro atoms. The normalized spacial score (nSPS) is 15.6. The average molecular weight is 326 g/mol. The summed E-state index contributed by atoms with van der Waals surface area (Å²) in [5.41, 5.74) is 2.42. The fraction of sp³-hybridized carbons (Fsp3) is 0.444. The largest absolute Gasteiger partial charge is 0.347 e. The molecule has 1 aromatic carbocycles. The van der Waals surface area contributed by atoms with Crippen LogP contribution >= 0.6 is 11.3 Å². The molecule has 0 radical (unpaired) electrons. The predicted octanol–water partition coefficient (Wildman–Crippen LogP) is 4.06. The predicted molar refractivity (Wildman–Crippen MR) is 96.4 cm³/mol.